The Kier molecular flexibility index (Phi) is 6.09. The number of anilines is 2. The summed E-state index contributed by atoms with van der Waals surface area (Å²) in [5, 5.41) is 2.23. The molecule has 0 radical (unpaired) electrons. The summed E-state index contributed by atoms with van der Waals surface area (Å²) < 4.78 is 59.8. The molecule has 1 aliphatic rings. The maximum atomic E-state index is 13.6. The zero-order valence-corrected chi connectivity index (χ0v) is 17.7. The van der Waals surface area contributed by atoms with Crippen LogP contribution in [0.3, 0.4) is 0 Å². The van der Waals surface area contributed by atoms with Crippen molar-refractivity contribution in [3.63, 3.8) is 0 Å². The third-order valence-corrected chi connectivity index (χ3v) is 6.88. The number of nitrogens with one attached hydrogen (secondary N) is 1. The maximum Gasteiger partial charge on any atom is 0.264 e. The lowest BCUT2D eigenvalue weighted by Crippen LogP contribution is -2.35. The van der Waals surface area contributed by atoms with Crippen LogP contribution in [0.25, 0.3) is 0 Å². The number of aryl methyl sites for hydroxylation is 1. The van der Waals surface area contributed by atoms with Crippen molar-refractivity contribution in [1.29, 1.82) is 0 Å². The van der Waals surface area contributed by atoms with Gasteiger partial charge in [-0.2, -0.15) is 0 Å². The van der Waals surface area contributed by atoms with Crippen LogP contribution in [0.5, 0.6) is 5.75 Å². The molecule has 0 fully saturated rings. The average molecular weight is 458 g/mol. The molecule has 3 aromatic carbocycles. The molecule has 166 valence electrons. The molecule has 0 spiro atoms. The SMILES string of the molecule is O=C(COc1ccc(S(=O)(=O)N2CCCc3ccccc32)cc1)Nc1cc(F)ccc1F. The molecule has 6 nitrogen and oxygen atoms in total. The second-order valence-electron chi connectivity index (χ2n) is 7.24. The predicted molar refractivity (Wildman–Crippen MR) is 116 cm³/mol. The topological polar surface area (TPSA) is 75.7 Å². The minimum Gasteiger partial charge on any atom is -0.484 e. The lowest BCUT2D eigenvalue weighted by atomic mass is 10.0. The fraction of sp³-hybridized carbons (Fsp3) is 0.174. The number of nitrogens with zero attached hydrogens (tertiary/aromatic N) is 1. The Morgan fingerprint density at radius 3 is 2.56 bits per heavy atom. The number of amides is 1. The summed E-state index contributed by atoms with van der Waals surface area (Å²) in [7, 11) is -3.75. The number of carbonyl (C=O) groups excluding carboxylic acids is 1. The number of ether oxygens (including phenoxy) is 1. The van der Waals surface area contributed by atoms with Gasteiger partial charge in [0.15, 0.2) is 6.61 Å². The van der Waals surface area contributed by atoms with Gasteiger partial charge in [-0.15, -0.1) is 0 Å². The molecule has 0 atom stereocenters. The van der Waals surface area contributed by atoms with Gasteiger partial charge in [0.05, 0.1) is 16.3 Å². The average Bonchev–Trinajstić information content (AvgIpc) is 2.80. The van der Waals surface area contributed by atoms with E-state index in [1.807, 2.05) is 18.2 Å². The molecule has 1 N–H and O–H groups in total. The molecule has 1 amide bonds. The third-order valence-electron chi connectivity index (χ3n) is 5.05. The maximum absolute atomic E-state index is 13.6. The van der Waals surface area contributed by atoms with Crippen LogP contribution in [-0.4, -0.2) is 27.5 Å². The van der Waals surface area contributed by atoms with E-state index in [0.29, 0.717) is 12.2 Å². The van der Waals surface area contributed by atoms with Gasteiger partial charge < -0.3 is 10.1 Å². The first-order chi connectivity index (χ1) is 15.3. The van der Waals surface area contributed by atoms with Crippen molar-refractivity contribution >= 4 is 27.3 Å². The van der Waals surface area contributed by atoms with Gasteiger partial charge in [-0.05, 0) is 60.9 Å². The Bertz CT molecular complexity index is 1250. The molecular weight excluding hydrogens is 438 g/mol. The molecule has 1 aliphatic heterocycles. The number of halogens is 2. The summed E-state index contributed by atoms with van der Waals surface area (Å²) in [5.41, 5.74) is 1.38. The summed E-state index contributed by atoms with van der Waals surface area (Å²) in [4.78, 5) is 12.1. The molecule has 9 heteroatoms. The summed E-state index contributed by atoms with van der Waals surface area (Å²) in [6.45, 7) is -0.0596. The van der Waals surface area contributed by atoms with Gasteiger partial charge in [0, 0.05) is 12.6 Å². The van der Waals surface area contributed by atoms with Gasteiger partial charge >= 0.3 is 0 Å². The van der Waals surface area contributed by atoms with E-state index >= 15 is 0 Å². The van der Waals surface area contributed by atoms with Gasteiger partial charge in [-0.1, -0.05) is 18.2 Å². The van der Waals surface area contributed by atoms with E-state index in [0.717, 1.165) is 36.6 Å². The van der Waals surface area contributed by atoms with Crippen LogP contribution in [0.2, 0.25) is 0 Å². The van der Waals surface area contributed by atoms with Crippen LogP contribution in [0.4, 0.5) is 20.2 Å². The Hall–Kier alpha value is -3.46. The smallest absolute Gasteiger partial charge is 0.264 e. The molecule has 0 saturated heterocycles. The van der Waals surface area contributed by atoms with Crippen molar-refractivity contribution in [2.75, 3.05) is 22.8 Å². The Balaban J connectivity index is 1.42. The fourth-order valence-corrected chi connectivity index (χ4v) is 5.05. The van der Waals surface area contributed by atoms with Gasteiger partial charge in [0.2, 0.25) is 0 Å². The van der Waals surface area contributed by atoms with Crippen molar-refractivity contribution in [3.8, 4) is 5.75 Å². The van der Waals surface area contributed by atoms with Crippen molar-refractivity contribution in [1.82, 2.24) is 0 Å². The number of benzene rings is 3. The summed E-state index contributed by atoms with van der Waals surface area (Å²) in [5.74, 6) is -1.88. The van der Waals surface area contributed by atoms with Crippen molar-refractivity contribution in [2.45, 2.75) is 17.7 Å². The van der Waals surface area contributed by atoms with E-state index in [1.54, 1.807) is 6.07 Å². The van der Waals surface area contributed by atoms with Crippen molar-refractivity contribution < 1.29 is 26.7 Å². The Labute approximate surface area is 184 Å². The lowest BCUT2D eigenvalue weighted by Gasteiger charge is -2.30. The first-order valence-corrected chi connectivity index (χ1v) is 11.4. The normalized spacial score (nSPS) is 13.4. The van der Waals surface area contributed by atoms with Crippen molar-refractivity contribution in [2.24, 2.45) is 0 Å². The number of para-hydroxylation sites is 1. The number of rotatable bonds is 6. The van der Waals surface area contributed by atoms with Crippen LogP contribution in [0, 0.1) is 11.6 Å². The summed E-state index contributed by atoms with van der Waals surface area (Å²) in [6.07, 6.45) is 1.56. The molecule has 0 aromatic heterocycles. The number of fused-ring (bicyclic) bond motifs is 1. The van der Waals surface area contributed by atoms with Crippen LogP contribution >= 0.6 is 0 Å². The first-order valence-electron chi connectivity index (χ1n) is 9.93. The Morgan fingerprint density at radius 2 is 1.78 bits per heavy atom. The molecule has 32 heavy (non-hydrogen) atoms. The first kappa shape index (κ1) is 21.8. The quantitative estimate of drug-likeness (QED) is 0.603. The van der Waals surface area contributed by atoms with Crippen LogP contribution in [0.15, 0.2) is 71.6 Å². The van der Waals surface area contributed by atoms with E-state index in [-0.39, 0.29) is 16.3 Å². The molecule has 0 bridgehead atoms. The van der Waals surface area contributed by atoms with E-state index in [1.165, 1.54) is 28.6 Å². The van der Waals surface area contributed by atoms with E-state index in [4.69, 9.17) is 4.74 Å². The zero-order chi connectivity index (χ0) is 22.7. The molecule has 0 saturated carbocycles. The highest BCUT2D eigenvalue weighted by Crippen LogP contribution is 2.32. The highest BCUT2D eigenvalue weighted by molar-refractivity contribution is 7.92. The number of sulfonamides is 1. The number of hydrogen-bond donors (Lipinski definition) is 1. The molecule has 0 unspecified atom stereocenters. The highest BCUT2D eigenvalue weighted by Gasteiger charge is 2.28. The van der Waals surface area contributed by atoms with E-state index < -0.39 is 34.2 Å². The zero-order valence-electron chi connectivity index (χ0n) is 16.9. The number of carbonyl (C=O) groups is 1. The van der Waals surface area contributed by atoms with Crippen LogP contribution in [0.1, 0.15) is 12.0 Å². The van der Waals surface area contributed by atoms with Crippen LogP contribution < -0.4 is 14.4 Å². The summed E-state index contributed by atoms with van der Waals surface area (Å²) in [6, 6.07) is 15.8. The fourth-order valence-electron chi connectivity index (χ4n) is 3.51. The van der Waals surface area contributed by atoms with Gasteiger partial charge in [-0.3, -0.25) is 9.10 Å². The largest absolute Gasteiger partial charge is 0.484 e. The van der Waals surface area contributed by atoms with E-state index in [2.05, 4.69) is 5.32 Å². The standard InChI is InChI=1S/C23H20F2N2O4S/c24-17-7-12-20(25)21(14-17)26-23(28)15-31-18-8-10-19(11-9-18)32(29,30)27-13-3-5-16-4-1-2-6-22(16)27/h1-2,4,6-12,14H,3,5,13,15H2,(H,26,28). The minimum atomic E-state index is -3.75. The monoisotopic (exact) mass is 458 g/mol. The molecular formula is C23H20F2N2O4S. The second-order valence-corrected chi connectivity index (χ2v) is 9.10. The highest BCUT2D eigenvalue weighted by atomic mass is 32.2. The third kappa shape index (κ3) is 4.57. The summed E-state index contributed by atoms with van der Waals surface area (Å²) >= 11 is 0. The molecule has 3 aromatic rings. The number of hydrogen-bond acceptors (Lipinski definition) is 4. The predicted octanol–water partition coefficient (Wildman–Crippen LogP) is 4.12. The molecule has 4 rings (SSSR count). The van der Waals surface area contributed by atoms with Gasteiger partial charge in [-0.25, -0.2) is 17.2 Å². The molecule has 1 heterocycles. The minimum absolute atomic E-state index is 0.104. The van der Waals surface area contributed by atoms with Crippen LogP contribution in [-0.2, 0) is 21.2 Å². The second kappa shape index (κ2) is 8.96. The van der Waals surface area contributed by atoms with Gasteiger partial charge in [0.1, 0.15) is 17.4 Å². The van der Waals surface area contributed by atoms with Gasteiger partial charge in [0.25, 0.3) is 15.9 Å². The van der Waals surface area contributed by atoms with Crippen molar-refractivity contribution in [3.05, 3.63) is 83.9 Å². The van der Waals surface area contributed by atoms with E-state index in [9.17, 15) is 22.0 Å². The lowest BCUT2D eigenvalue weighted by molar-refractivity contribution is -0.118. The Morgan fingerprint density at radius 1 is 1.03 bits per heavy atom. The molecule has 0 aliphatic carbocycles.